The summed E-state index contributed by atoms with van der Waals surface area (Å²) in [6, 6.07) is 19.3. The van der Waals surface area contributed by atoms with Gasteiger partial charge in [0, 0.05) is 24.1 Å². The van der Waals surface area contributed by atoms with Crippen molar-refractivity contribution in [1.29, 1.82) is 5.26 Å². The Balaban J connectivity index is 1.39. The van der Waals surface area contributed by atoms with E-state index in [0.717, 1.165) is 34.4 Å². The zero-order chi connectivity index (χ0) is 25.1. The van der Waals surface area contributed by atoms with Gasteiger partial charge in [-0.3, -0.25) is 10.1 Å². The Labute approximate surface area is 199 Å². The van der Waals surface area contributed by atoms with E-state index in [1.54, 1.807) is 6.07 Å². The molecule has 0 spiro atoms. The van der Waals surface area contributed by atoms with Gasteiger partial charge in [0.25, 0.3) is 0 Å². The summed E-state index contributed by atoms with van der Waals surface area (Å²) >= 11 is 0. The topological polar surface area (TPSA) is 166 Å². The molecule has 0 fully saturated rings. The molecule has 0 radical (unpaired) electrons. The average molecular weight is 475 g/mol. The van der Waals surface area contributed by atoms with Crippen LogP contribution in [0.3, 0.4) is 0 Å². The van der Waals surface area contributed by atoms with Gasteiger partial charge >= 0.3 is 11.8 Å². The number of rotatable bonds is 7. The summed E-state index contributed by atoms with van der Waals surface area (Å²) in [6.45, 7) is -0.419. The molecule has 0 aromatic heterocycles. The highest BCUT2D eigenvalue weighted by atomic mass is 16.6. The maximum Gasteiger partial charge on any atom is 0.407 e. The highest BCUT2D eigenvalue weighted by Gasteiger charge is 2.30. The summed E-state index contributed by atoms with van der Waals surface area (Å²) < 4.78 is 5.36. The molecule has 3 aromatic rings. The lowest BCUT2D eigenvalue weighted by atomic mass is 9.98. The Kier molecular flexibility index (Phi) is 6.64. The van der Waals surface area contributed by atoms with Crippen molar-refractivity contribution in [2.24, 2.45) is 0 Å². The van der Waals surface area contributed by atoms with Gasteiger partial charge < -0.3 is 25.4 Å². The van der Waals surface area contributed by atoms with Crippen LogP contribution in [0.25, 0.3) is 11.1 Å². The van der Waals surface area contributed by atoms with E-state index in [1.165, 1.54) is 0 Å². The van der Waals surface area contributed by atoms with Crippen molar-refractivity contribution < 1.29 is 29.8 Å². The van der Waals surface area contributed by atoms with Crippen LogP contribution < -0.4 is 5.32 Å². The number of carbonyl (C=O) groups is 1. The minimum absolute atomic E-state index is 0.0513. The zero-order valence-electron chi connectivity index (χ0n) is 18.3. The quantitative estimate of drug-likeness (QED) is 0.299. The Bertz CT molecular complexity index is 1290. The van der Waals surface area contributed by atoms with E-state index in [4.69, 9.17) is 10.00 Å². The van der Waals surface area contributed by atoms with Crippen LogP contribution in [0.2, 0.25) is 0 Å². The van der Waals surface area contributed by atoms with Crippen LogP contribution >= 0.6 is 0 Å². The zero-order valence-corrected chi connectivity index (χ0v) is 18.3. The fraction of sp³-hybridized carbons (Fsp3) is 0.200. The number of nitriles is 1. The van der Waals surface area contributed by atoms with Crippen LogP contribution in [0, 0.1) is 21.4 Å². The number of ether oxygens (including phenoxy) is 1. The van der Waals surface area contributed by atoms with E-state index in [1.807, 2.05) is 48.5 Å². The Morgan fingerprint density at radius 1 is 1.11 bits per heavy atom. The van der Waals surface area contributed by atoms with Crippen LogP contribution in [0.5, 0.6) is 5.75 Å². The van der Waals surface area contributed by atoms with Gasteiger partial charge in [-0.1, -0.05) is 48.5 Å². The second-order valence-electron chi connectivity index (χ2n) is 8.02. The number of aromatic hydroxyl groups is 1. The monoisotopic (exact) mass is 475 g/mol. The highest BCUT2D eigenvalue weighted by Crippen LogP contribution is 2.44. The molecule has 4 N–H and O–H groups in total. The summed E-state index contributed by atoms with van der Waals surface area (Å²) in [7, 11) is 0. The molecule has 2 unspecified atom stereocenters. The summed E-state index contributed by atoms with van der Waals surface area (Å²) in [5.74, 6) is -1.03. The number of fused-ring (bicyclic) bond motifs is 3. The third kappa shape index (κ3) is 4.63. The number of phenols is 1. The van der Waals surface area contributed by atoms with E-state index in [2.05, 4.69) is 5.32 Å². The molecule has 3 aromatic carbocycles. The number of benzene rings is 3. The SMILES string of the molecule is N#Cc1cc(C(O)C(O)CNC(=O)OCC2c3ccccc3-c3ccccc32)c(O)c([N+](=O)[O-])c1. The van der Waals surface area contributed by atoms with Crippen molar-refractivity contribution in [2.75, 3.05) is 13.2 Å². The largest absolute Gasteiger partial charge is 0.502 e. The Morgan fingerprint density at radius 3 is 2.29 bits per heavy atom. The molecule has 10 heteroatoms. The van der Waals surface area contributed by atoms with Crippen molar-refractivity contribution in [3.8, 4) is 22.9 Å². The highest BCUT2D eigenvalue weighted by molar-refractivity contribution is 5.79. The number of hydrogen-bond acceptors (Lipinski definition) is 8. The number of nitro groups is 1. The maximum absolute atomic E-state index is 12.3. The first-order chi connectivity index (χ1) is 16.8. The van der Waals surface area contributed by atoms with E-state index in [-0.39, 0.29) is 18.1 Å². The minimum Gasteiger partial charge on any atom is -0.502 e. The number of hydrogen-bond donors (Lipinski definition) is 4. The first-order valence-electron chi connectivity index (χ1n) is 10.7. The molecular weight excluding hydrogens is 454 g/mol. The van der Waals surface area contributed by atoms with Crippen LogP contribution in [0.4, 0.5) is 10.5 Å². The van der Waals surface area contributed by atoms with Crippen LogP contribution in [-0.2, 0) is 4.74 Å². The van der Waals surface area contributed by atoms with Gasteiger partial charge in [0.05, 0.1) is 16.6 Å². The van der Waals surface area contributed by atoms with Crippen LogP contribution in [0.1, 0.15) is 34.3 Å². The van der Waals surface area contributed by atoms with E-state index < -0.39 is 46.8 Å². The summed E-state index contributed by atoms with van der Waals surface area (Å²) in [5.41, 5.74) is 2.85. The van der Waals surface area contributed by atoms with Crippen LogP contribution in [0.15, 0.2) is 60.7 Å². The van der Waals surface area contributed by atoms with Crippen molar-refractivity contribution in [3.05, 3.63) is 93.0 Å². The van der Waals surface area contributed by atoms with Crippen molar-refractivity contribution >= 4 is 11.8 Å². The number of nitrogens with zero attached hydrogens (tertiary/aromatic N) is 2. The minimum atomic E-state index is -1.81. The van der Waals surface area contributed by atoms with Gasteiger partial charge in [0.15, 0.2) is 5.75 Å². The molecule has 1 amide bonds. The molecule has 35 heavy (non-hydrogen) atoms. The number of aliphatic hydroxyl groups excluding tert-OH is 2. The smallest absolute Gasteiger partial charge is 0.407 e. The summed E-state index contributed by atoms with van der Waals surface area (Å²) in [5, 5.41) is 53.3. The second-order valence-corrected chi connectivity index (χ2v) is 8.02. The first-order valence-corrected chi connectivity index (χ1v) is 10.7. The van der Waals surface area contributed by atoms with Gasteiger partial charge in [-0.2, -0.15) is 5.26 Å². The predicted molar refractivity (Wildman–Crippen MR) is 124 cm³/mol. The number of alkyl carbamates (subject to hydrolysis) is 1. The van der Waals surface area contributed by atoms with E-state index in [0.29, 0.717) is 0 Å². The normalized spacial score (nSPS) is 13.7. The molecule has 0 saturated carbocycles. The molecule has 0 heterocycles. The molecule has 178 valence electrons. The number of nitro benzene ring substituents is 1. The van der Waals surface area contributed by atoms with E-state index in [9.17, 15) is 30.2 Å². The maximum atomic E-state index is 12.3. The number of nitrogens with one attached hydrogen (secondary N) is 1. The van der Waals surface area contributed by atoms with Gasteiger partial charge in [0.1, 0.15) is 18.8 Å². The fourth-order valence-electron chi connectivity index (χ4n) is 4.23. The third-order valence-electron chi connectivity index (χ3n) is 5.93. The summed E-state index contributed by atoms with van der Waals surface area (Å²) in [4.78, 5) is 22.5. The molecule has 1 aliphatic rings. The van der Waals surface area contributed by atoms with Crippen molar-refractivity contribution in [1.82, 2.24) is 5.32 Å². The lowest BCUT2D eigenvalue weighted by Gasteiger charge is -2.20. The predicted octanol–water partition coefficient (Wildman–Crippen LogP) is 3.11. The van der Waals surface area contributed by atoms with Gasteiger partial charge in [-0.05, 0) is 28.3 Å². The standard InChI is InChI=1S/C25H21N3O7/c26-11-14-9-19(23(30)21(10-14)28(33)34)24(31)22(29)12-27-25(32)35-13-20-17-7-3-1-5-15(17)16-6-2-4-8-18(16)20/h1-10,20,22,24,29-31H,12-13H2,(H,27,32). The number of carbonyl (C=O) groups excluding carboxylic acids is 1. The lowest BCUT2D eigenvalue weighted by Crippen LogP contribution is -2.36. The van der Waals surface area contributed by atoms with Gasteiger partial charge in [-0.25, -0.2) is 4.79 Å². The first kappa shape index (κ1) is 23.7. The molecule has 2 atom stereocenters. The molecule has 0 aliphatic heterocycles. The van der Waals surface area contributed by atoms with Gasteiger partial charge in [-0.15, -0.1) is 0 Å². The third-order valence-corrected chi connectivity index (χ3v) is 5.93. The van der Waals surface area contributed by atoms with Crippen molar-refractivity contribution in [3.63, 3.8) is 0 Å². The van der Waals surface area contributed by atoms with Gasteiger partial charge in [0.2, 0.25) is 0 Å². The number of phenolic OH excluding ortho intramolecular Hbond substituents is 1. The van der Waals surface area contributed by atoms with Crippen molar-refractivity contribution in [2.45, 2.75) is 18.1 Å². The Hall–Kier alpha value is -4.46. The lowest BCUT2D eigenvalue weighted by molar-refractivity contribution is -0.386. The molecule has 10 nitrogen and oxygen atoms in total. The fourth-order valence-corrected chi connectivity index (χ4v) is 4.23. The van der Waals surface area contributed by atoms with E-state index >= 15 is 0 Å². The molecule has 1 aliphatic carbocycles. The number of amides is 1. The number of aliphatic hydroxyl groups is 2. The average Bonchev–Trinajstić information content (AvgIpc) is 3.19. The molecule has 4 rings (SSSR count). The Morgan fingerprint density at radius 2 is 1.71 bits per heavy atom. The second kappa shape index (κ2) is 9.80. The molecule has 0 saturated heterocycles. The van der Waals surface area contributed by atoms with Crippen LogP contribution in [-0.4, -0.2) is 45.6 Å². The summed E-state index contributed by atoms with van der Waals surface area (Å²) in [6.07, 6.45) is -4.29. The molecular formula is C25H21N3O7. The molecule has 0 bridgehead atoms.